The molecule has 0 aliphatic heterocycles. The third-order valence-electron chi connectivity index (χ3n) is 7.24. The number of carbonyl (C=O) groups is 1. The van der Waals surface area contributed by atoms with Gasteiger partial charge in [0.05, 0.1) is 12.0 Å². The van der Waals surface area contributed by atoms with Crippen LogP contribution in [0.25, 0.3) is 11.6 Å². The van der Waals surface area contributed by atoms with Gasteiger partial charge in [-0.15, -0.1) is 10.2 Å². The molecule has 6 heteroatoms. The van der Waals surface area contributed by atoms with Gasteiger partial charge in [0.25, 0.3) is 0 Å². The number of ketones is 1. The molecular formula is C25H29N3O2S. The molecule has 2 saturated carbocycles. The van der Waals surface area contributed by atoms with E-state index in [1.54, 1.807) is 6.26 Å². The first-order chi connectivity index (χ1) is 15.1. The van der Waals surface area contributed by atoms with Crippen molar-refractivity contribution in [3.05, 3.63) is 53.8 Å². The Labute approximate surface area is 187 Å². The number of nitrogens with zero attached hydrogens (tertiary/aromatic N) is 3. The fraction of sp³-hybridized carbons (Fsp3) is 0.480. The Hall–Kier alpha value is -2.34. The van der Waals surface area contributed by atoms with Gasteiger partial charge >= 0.3 is 0 Å². The lowest BCUT2D eigenvalue weighted by Gasteiger charge is -2.30. The molecule has 0 amide bonds. The molecule has 4 atom stereocenters. The normalized spacial score (nSPS) is 23.4. The van der Waals surface area contributed by atoms with Crippen LogP contribution in [0.2, 0.25) is 0 Å². The number of thioether (sulfide) groups is 1. The van der Waals surface area contributed by atoms with Gasteiger partial charge in [0.2, 0.25) is 5.82 Å². The van der Waals surface area contributed by atoms with Crippen LogP contribution in [-0.4, -0.2) is 26.3 Å². The predicted molar refractivity (Wildman–Crippen MR) is 122 cm³/mol. The number of furan rings is 1. The number of aryl methyl sites for hydroxylation is 1. The average Bonchev–Trinajstić information content (AvgIpc) is 3.60. The second-order valence-electron chi connectivity index (χ2n) is 9.00. The number of hydrogen-bond acceptors (Lipinski definition) is 5. The first-order valence-corrected chi connectivity index (χ1v) is 12.4. The number of fused-ring (bicyclic) bond motifs is 2. The zero-order chi connectivity index (χ0) is 21.4. The van der Waals surface area contributed by atoms with Gasteiger partial charge in [-0.3, -0.25) is 9.36 Å². The van der Waals surface area contributed by atoms with E-state index < -0.39 is 0 Å². The van der Waals surface area contributed by atoms with Crippen LogP contribution in [0.4, 0.5) is 0 Å². The second kappa shape index (κ2) is 8.65. The van der Waals surface area contributed by atoms with Crippen LogP contribution in [-0.2, 0) is 6.42 Å². The first kappa shape index (κ1) is 20.6. The van der Waals surface area contributed by atoms with Crippen molar-refractivity contribution in [2.24, 2.45) is 17.8 Å². The van der Waals surface area contributed by atoms with Crippen LogP contribution in [0.15, 0.2) is 52.2 Å². The number of carbonyl (C=O) groups excluding carboxylic acids is 1. The zero-order valence-electron chi connectivity index (χ0n) is 18.2. The van der Waals surface area contributed by atoms with Crippen molar-refractivity contribution in [3.63, 3.8) is 0 Å². The van der Waals surface area contributed by atoms with Crippen molar-refractivity contribution in [2.45, 2.75) is 57.1 Å². The molecule has 0 saturated heterocycles. The van der Waals surface area contributed by atoms with Crippen molar-refractivity contribution < 1.29 is 9.21 Å². The molecule has 3 aromatic rings. The highest BCUT2D eigenvalue weighted by atomic mass is 32.2. The van der Waals surface area contributed by atoms with Crippen LogP contribution >= 0.6 is 11.8 Å². The van der Waals surface area contributed by atoms with E-state index in [9.17, 15) is 4.79 Å². The summed E-state index contributed by atoms with van der Waals surface area (Å²) < 4.78 is 7.89. The van der Waals surface area contributed by atoms with E-state index in [1.165, 1.54) is 43.0 Å². The molecule has 2 bridgehead atoms. The van der Waals surface area contributed by atoms with Gasteiger partial charge in [0.1, 0.15) is 0 Å². The Balaban J connectivity index is 1.38. The summed E-state index contributed by atoms with van der Waals surface area (Å²) in [5, 5.41) is 9.76. The van der Waals surface area contributed by atoms with Gasteiger partial charge in [0, 0.05) is 11.6 Å². The van der Waals surface area contributed by atoms with E-state index >= 15 is 0 Å². The molecular weight excluding hydrogens is 406 g/mol. The molecule has 5 nitrogen and oxygen atoms in total. The number of hydrogen-bond donors (Lipinski definition) is 0. The highest BCUT2D eigenvalue weighted by Gasteiger charge is 2.43. The quantitative estimate of drug-likeness (QED) is 0.317. The summed E-state index contributed by atoms with van der Waals surface area (Å²) in [5.74, 6) is 4.28. The Morgan fingerprint density at radius 2 is 2.03 bits per heavy atom. The molecule has 2 aliphatic rings. The zero-order valence-corrected chi connectivity index (χ0v) is 19.0. The smallest absolute Gasteiger partial charge is 0.200 e. The lowest BCUT2D eigenvalue weighted by atomic mass is 9.84. The number of benzene rings is 1. The maximum Gasteiger partial charge on any atom is 0.200 e. The van der Waals surface area contributed by atoms with Crippen LogP contribution in [0, 0.1) is 17.8 Å². The molecule has 2 fully saturated rings. The Morgan fingerprint density at radius 1 is 1.19 bits per heavy atom. The molecule has 31 heavy (non-hydrogen) atoms. The molecule has 4 unspecified atom stereocenters. The van der Waals surface area contributed by atoms with Crippen molar-refractivity contribution >= 4 is 17.5 Å². The minimum absolute atomic E-state index is 0.120. The summed E-state index contributed by atoms with van der Waals surface area (Å²) in [7, 11) is 0. The van der Waals surface area contributed by atoms with Crippen molar-refractivity contribution in [1.82, 2.24) is 14.8 Å². The minimum atomic E-state index is 0.120. The summed E-state index contributed by atoms with van der Waals surface area (Å²) in [6.07, 6.45) is 8.02. The maximum absolute atomic E-state index is 12.8. The molecule has 2 aliphatic carbocycles. The van der Waals surface area contributed by atoms with E-state index in [-0.39, 0.29) is 11.8 Å². The number of Topliss-reactive ketones (excluding diaryl/α,β-unsaturated/α-hetero) is 1. The second-order valence-corrected chi connectivity index (χ2v) is 9.94. The molecule has 5 rings (SSSR count). The van der Waals surface area contributed by atoms with E-state index in [1.807, 2.05) is 36.4 Å². The molecule has 0 radical (unpaired) electrons. The van der Waals surface area contributed by atoms with Crippen LogP contribution in [0.3, 0.4) is 0 Å². The van der Waals surface area contributed by atoms with Gasteiger partial charge in [-0.1, -0.05) is 49.4 Å². The fourth-order valence-corrected chi connectivity index (χ4v) is 6.45. The van der Waals surface area contributed by atoms with Gasteiger partial charge in [-0.05, 0) is 68.1 Å². The standard InChI is InChI=1S/C25H29N3O2S/c1-3-17-6-9-19(10-7-17)22(29)15-31-25-27-26-24(23-5-4-12-30-23)28(25)16(2)21-14-18-8-11-20(21)13-18/h4-7,9-10,12,16,18,20-21H,3,8,11,13-15H2,1-2H3. The largest absolute Gasteiger partial charge is 0.461 e. The molecule has 162 valence electrons. The summed E-state index contributed by atoms with van der Waals surface area (Å²) in [6, 6.07) is 12.0. The average molecular weight is 436 g/mol. The Morgan fingerprint density at radius 3 is 2.68 bits per heavy atom. The fourth-order valence-electron chi connectivity index (χ4n) is 5.53. The third kappa shape index (κ3) is 3.98. The van der Waals surface area contributed by atoms with E-state index in [2.05, 4.69) is 28.6 Å². The lowest BCUT2D eigenvalue weighted by molar-refractivity contribution is 0.102. The van der Waals surface area contributed by atoms with Crippen molar-refractivity contribution in [2.75, 3.05) is 5.75 Å². The summed E-state index contributed by atoms with van der Waals surface area (Å²) in [5.41, 5.74) is 2.00. The van der Waals surface area contributed by atoms with Gasteiger partial charge in [0.15, 0.2) is 16.7 Å². The Kier molecular flexibility index (Phi) is 5.74. The van der Waals surface area contributed by atoms with Crippen molar-refractivity contribution in [1.29, 1.82) is 0 Å². The van der Waals surface area contributed by atoms with E-state index in [4.69, 9.17) is 4.42 Å². The van der Waals surface area contributed by atoms with Crippen LogP contribution < -0.4 is 0 Å². The predicted octanol–water partition coefficient (Wildman–Crippen LogP) is 6.07. The van der Waals surface area contributed by atoms with Gasteiger partial charge in [-0.2, -0.15) is 0 Å². The van der Waals surface area contributed by atoms with Crippen molar-refractivity contribution in [3.8, 4) is 11.6 Å². The molecule has 1 aromatic carbocycles. The van der Waals surface area contributed by atoms with E-state index in [0.29, 0.717) is 11.7 Å². The van der Waals surface area contributed by atoms with Crippen LogP contribution in [0.5, 0.6) is 0 Å². The van der Waals surface area contributed by atoms with Gasteiger partial charge in [-0.25, -0.2) is 0 Å². The van der Waals surface area contributed by atoms with Crippen LogP contribution in [0.1, 0.15) is 61.5 Å². The summed E-state index contributed by atoms with van der Waals surface area (Å²) in [4.78, 5) is 12.8. The minimum Gasteiger partial charge on any atom is -0.461 e. The highest BCUT2D eigenvalue weighted by Crippen LogP contribution is 2.53. The number of aromatic nitrogens is 3. The summed E-state index contributed by atoms with van der Waals surface area (Å²) in [6.45, 7) is 4.41. The number of rotatable bonds is 8. The third-order valence-corrected chi connectivity index (χ3v) is 8.19. The van der Waals surface area contributed by atoms with Gasteiger partial charge < -0.3 is 4.42 Å². The first-order valence-electron chi connectivity index (χ1n) is 11.4. The molecule has 0 spiro atoms. The molecule has 0 N–H and O–H groups in total. The molecule has 2 heterocycles. The Bertz CT molecular complexity index is 1040. The highest BCUT2D eigenvalue weighted by molar-refractivity contribution is 7.99. The summed E-state index contributed by atoms with van der Waals surface area (Å²) >= 11 is 1.48. The topological polar surface area (TPSA) is 60.9 Å². The SMILES string of the molecule is CCc1ccc(C(=O)CSc2nnc(-c3ccco3)n2C(C)C2CC3CCC2C3)cc1. The monoisotopic (exact) mass is 435 g/mol. The maximum atomic E-state index is 12.8. The molecule has 2 aromatic heterocycles. The van der Waals surface area contributed by atoms with E-state index in [0.717, 1.165) is 40.6 Å². The lowest BCUT2D eigenvalue weighted by Crippen LogP contribution is -2.23.